The van der Waals surface area contributed by atoms with Crippen molar-refractivity contribution in [1.29, 1.82) is 0 Å². The fraction of sp³-hybridized carbons (Fsp3) is 0.0714. The van der Waals surface area contributed by atoms with E-state index in [1.54, 1.807) is 17.0 Å². The molecule has 3 rings (SSSR count). The number of nitrogens with zero attached hydrogens (tertiary/aromatic N) is 2. The predicted molar refractivity (Wildman–Crippen MR) is 74.9 cm³/mol. The molecule has 3 aromatic rings. The predicted octanol–water partition coefficient (Wildman–Crippen LogP) is 3.43. The van der Waals surface area contributed by atoms with Gasteiger partial charge >= 0.3 is 0 Å². The SMILES string of the molecule is Nc1cc(-c2ccco2)nn1Cc1ccccc1Cl. The van der Waals surface area contributed by atoms with E-state index in [0.717, 1.165) is 11.3 Å². The molecule has 0 bridgehead atoms. The topological polar surface area (TPSA) is 57.0 Å². The lowest BCUT2D eigenvalue weighted by Crippen LogP contribution is -2.06. The van der Waals surface area contributed by atoms with E-state index >= 15 is 0 Å². The normalized spacial score (nSPS) is 10.8. The first kappa shape index (κ1) is 11.9. The van der Waals surface area contributed by atoms with Gasteiger partial charge in [-0.15, -0.1) is 0 Å². The first-order chi connectivity index (χ1) is 9.24. The maximum absolute atomic E-state index is 6.13. The van der Waals surface area contributed by atoms with Gasteiger partial charge in [0.05, 0.1) is 12.8 Å². The zero-order chi connectivity index (χ0) is 13.2. The van der Waals surface area contributed by atoms with Gasteiger partial charge in [0.1, 0.15) is 11.5 Å². The maximum Gasteiger partial charge on any atom is 0.154 e. The molecule has 0 saturated heterocycles. The Kier molecular flexibility index (Phi) is 3.01. The molecule has 19 heavy (non-hydrogen) atoms. The molecular weight excluding hydrogens is 262 g/mol. The molecule has 0 fully saturated rings. The van der Waals surface area contributed by atoms with Crippen molar-refractivity contribution in [3.8, 4) is 11.5 Å². The largest absolute Gasteiger partial charge is 0.463 e. The lowest BCUT2D eigenvalue weighted by Gasteiger charge is -2.05. The van der Waals surface area contributed by atoms with Crippen molar-refractivity contribution in [2.45, 2.75) is 6.54 Å². The van der Waals surface area contributed by atoms with Gasteiger partial charge in [-0.2, -0.15) is 5.10 Å². The summed E-state index contributed by atoms with van der Waals surface area (Å²) in [6.07, 6.45) is 1.61. The third kappa shape index (κ3) is 2.35. The number of aromatic nitrogens is 2. The second kappa shape index (κ2) is 4.82. The number of nitrogen functional groups attached to an aromatic ring is 1. The zero-order valence-corrected chi connectivity index (χ0v) is 10.8. The summed E-state index contributed by atoms with van der Waals surface area (Å²) in [5.41, 5.74) is 7.66. The maximum atomic E-state index is 6.13. The van der Waals surface area contributed by atoms with Gasteiger partial charge < -0.3 is 10.2 Å². The number of halogens is 1. The van der Waals surface area contributed by atoms with E-state index in [-0.39, 0.29) is 0 Å². The monoisotopic (exact) mass is 273 g/mol. The average Bonchev–Trinajstić information content (AvgIpc) is 3.02. The fourth-order valence-corrected chi connectivity index (χ4v) is 2.09. The minimum absolute atomic E-state index is 0.534. The Bertz CT molecular complexity index is 689. The highest BCUT2D eigenvalue weighted by molar-refractivity contribution is 6.31. The van der Waals surface area contributed by atoms with E-state index in [2.05, 4.69) is 5.10 Å². The van der Waals surface area contributed by atoms with E-state index in [4.69, 9.17) is 21.8 Å². The van der Waals surface area contributed by atoms with Crippen LogP contribution in [0.1, 0.15) is 5.56 Å². The molecule has 96 valence electrons. The molecular formula is C14H12ClN3O. The van der Waals surface area contributed by atoms with Gasteiger partial charge in [-0.1, -0.05) is 29.8 Å². The van der Waals surface area contributed by atoms with Crippen LogP contribution >= 0.6 is 11.6 Å². The van der Waals surface area contributed by atoms with E-state index in [1.807, 2.05) is 36.4 Å². The number of hydrogen-bond donors (Lipinski definition) is 1. The molecule has 4 nitrogen and oxygen atoms in total. The number of anilines is 1. The van der Waals surface area contributed by atoms with Gasteiger partial charge in [-0.3, -0.25) is 0 Å². The Morgan fingerprint density at radius 3 is 2.79 bits per heavy atom. The van der Waals surface area contributed by atoms with Crippen LogP contribution in [0.15, 0.2) is 53.1 Å². The second-order valence-electron chi connectivity index (χ2n) is 4.18. The third-order valence-corrected chi connectivity index (χ3v) is 3.23. The number of hydrogen-bond acceptors (Lipinski definition) is 3. The Balaban J connectivity index is 1.92. The number of nitrogens with two attached hydrogens (primary N) is 1. The molecule has 2 aromatic heterocycles. The molecule has 2 N–H and O–H groups in total. The summed E-state index contributed by atoms with van der Waals surface area (Å²) < 4.78 is 7.01. The molecule has 0 atom stereocenters. The number of furan rings is 1. The summed E-state index contributed by atoms with van der Waals surface area (Å²) in [6, 6.07) is 13.1. The van der Waals surface area contributed by atoms with Gasteiger partial charge in [-0.25, -0.2) is 4.68 Å². The van der Waals surface area contributed by atoms with Crippen LogP contribution in [0, 0.1) is 0 Å². The molecule has 1 aromatic carbocycles. The van der Waals surface area contributed by atoms with Gasteiger partial charge in [0, 0.05) is 11.1 Å². The summed E-state index contributed by atoms with van der Waals surface area (Å²) in [7, 11) is 0. The Morgan fingerprint density at radius 2 is 2.05 bits per heavy atom. The minimum atomic E-state index is 0.534. The summed E-state index contributed by atoms with van der Waals surface area (Å²) in [5.74, 6) is 1.27. The van der Waals surface area contributed by atoms with Crippen LogP contribution in [-0.4, -0.2) is 9.78 Å². The van der Waals surface area contributed by atoms with Crippen molar-refractivity contribution in [3.05, 3.63) is 59.3 Å². The van der Waals surface area contributed by atoms with E-state index in [0.29, 0.717) is 23.1 Å². The lowest BCUT2D eigenvalue weighted by atomic mass is 10.2. The highest BCUT2D eigenvalue weighted by Crippen LogP contribution is 2.23. The molecule has 0 unspecified atom stereocenters. The Labute approximate surface area is 115 Å². The van der Waals surface area contributed by atoms with Crippen LogP contribution in [-0.2, 0) is 6.54 Å². The van der Waals surface area contributed by atoms with Crippen LogP contribution in [0.5, 0.6) is 0 Å². The molecule has 0 spiro atoms. The summed E-state index contributed by atoms with van der Waals surface area (Å²) >= 11 is 6.13. The number of benzene rings is 1. The first-order valence-electron chi connectivity index (χ1n) is 5.84. The Hall–Kier alpha value is -2.20. The third-order valence-electron chi connectivity index (χ3n) is 2.86. The van der Waals surface area contributed by atoms with Crippen LogP contribution in [0.25, 0.3) is 11.5 Å². The fourth-order valence-electron chi connectivity index (χ4n) is 1.89. The summed E-state index contributed by atoms with van der Waals surface area (Å²) in [4.78, 5) is 0. The van der Waals surface area contributed by atoms with Crippen molar-refractivity contribution in [2.75, 3.05) is 5.73 Å². The van der Waals surface area contributed by atoms with Crippen molar-refractivity contribution in [1.82, 2.24) is 9.78 Å². The van der Waals surface area contributed by atoms with Crippen molar-refractivity contribution in [3.63, 3.8) is 0 Å². The molecule has 0 saturated carbocycles. The van der Waals surface area contributed by atoms with E-state index < -0.39 is 0 Å². The highest BCUT2D eigenvalue weighted by atomic mass is 35.5. The van der Waals surface area contributed by atoms with Crippen LogP contribution < -0.4 is 5.73 Å². The first-order valence-corrected chi connectivity index (χ1v) is 6.22. The van der Waals surface area contributed by atoms with Crippen LogP contribution in [0.2, 0.25) is 5.02 Å². The molecule has 0 aliphatic carbocycles. The molecule has 0 amide bonds. The van der Waals surface area contributed by atoms with Crippen molar-refractivity contribution >= 4 is 17.4 Å². The lowest BCUT2D eigenvalue weighted by molar-refractivity contribution is 0.576. The van der Waals surface area contributed by atoms with Crippen LogP contribution in [0.3, 0.4) is 0 Å². The van der Waals surface area contributed by atoms with Crippen LogP contribution in [0.4, 0.5) is 5.82 Å². The van der Waals surface area contributed by atoms with E-state index in [1.165, 1.54) is 0 Å². The van der Waals surface area contributed by atoms with E-state index in [9.17, 15) is 0 Å². The van der Waals surface area contributed by atoms with Crippen molar-refractivity contribution < 1.29 is 4.42 Å². The summed E-state index contributed by atoms with van der Waals surface area (Å²) in [5, 5.41) is 5.13. The van der Waals surface area contributed by atoms with Gasteiger partial charge in [-0.05, 0) is 23.8 Å². The summed E-state index contributed by atoms with van der Waals surface area (Å²) in [6.45, 7) is 0.534. The molecule has 0 radical (unpaired) electrons. The second-order valence-corrected chi connectivity index (χ2v) is 4.59. The van der Waals surface area contributed by atoms with Gasteiger partial charge in [0.2, 0.25) is 0 Å². The standard InChI is InChI=1S/C14H12ClN3O/c15-11-5-2-1-4-10(11)9-18-14(16)8-12(17-18)13-6-3-7-19-13/h1-8H,9,16H2. The van der Waals surface area contributed by atoms with Gasteiger partial charge in [0.15, 0.2) is 5.76 Å². The quantitative estimate of drug-likeness (QED) is 0.795. The molecule has 2 heterocycles. The zero-order valence-electron chi connectivity index (χ0n) is 10.1. The average molecular weight is 274 g/mol. The van der Waals surface area contributed by atoms with Crippen molar-refractivity contribution in [2.24, 2.45) is 0 Å². The molecule has 0 aliphatic heterocycles. The molecule has 5 heteroatoms. The van der Waals surface area contributed by atoms with Gasteiger partial charge in [0.25, 0.3) is 0 Å². The Morgan fingerprint density at radius 1 is 1.21 bits per heavy atom. The smallest absolute Gasteiger partial charge is 0.154 e. The number of rotatable bonds is 3. The highest BCUT2D eigenvalue weighted by Gasteiger charge is 2.10. The minimum Gasteiger partial charge on any atom is -0.463 e. The molecule has 0 aliphatic rings.